The maximum absolute atomic E-state index is 13.4. The highest BCUT2D eigenvalue weighted by Crippen LogP contribution is 2.26. The van der Waals surface area contributed by atoms with Crippen LogP contribution in [0.15, 0.2) is 18.2 Å². The highest BCUT2D eigenvalue weighted by atomic mass is 35.5. The second-order valence-corrected chi connectivity index (χ2v) is 4.66. The lowest BCUT2D eigenvalue weighted by molar-refractivity contribution is -0.145. The minimum absolute atomic E-state index is 0.0671. The van der Waals surface area contributed by atoms with Crippen molar-refractivity contribution in [2.45, 2.75) is 18.9 Å². The van der Waals surface area contributed by atoms with Crippen LogP contribution < -0.4 is 0 Å². The molecule has 2 rings (SSSR count). The molecule has 1 unspecified atom stereocenters. The molecule has 1 aliphatic rings. The van der Waals surface area contributed by atoms with Gasteiger partial charge in [0.15, 0.2) is 0 Å². The average molecular weight is 286 g/mol. The van der Waals surface area contributed by atoms with Gasteiger partial charge >= 0.3 is 5.97 Å². The molecule has 1 aliphatic heterocycles. The standard InChI is InChI=1S/C13H13ClFNO3/c1-19-13(18)10-6-3-7-16(10)12(17)8-4-2-5-9(15)11(8)14/h2,4-5,10H,3,6-7H2,1H3. The first kappa shape index (κ1) is 13.8. The van der Waals surface area contributed by atoms with Crippen molar-refractivity contribution in [2.24, 2.45) is 0 Å². The van der Waals surface area contributed by atoms with Crippen LogP contribution in [0.1, 0.15) is 23.2 Å². The number of esters is 1. The summed E-state index contributed by atoms with van der Waals surface area (Å²) in [7, 11) is 1.28. The van der Waals surface area contributed by atoms with E-state index in [2.05, 4.69) is 4.74 Å². The Kier molecular flexibility index (Phi) is 4.04. The van der Waals surface area contributed by atoms with Crippen molar-refractivity contribution < 1.29 is 18.7 Å². The van der Waals surface area contributed by atoms with Crippen molar-refractivity contribution in [3.63, 3.8) is 0 Å². The number of carbonyl (C=O) groups excluding carboxylic acids is 2. The van der Waals surface area contributed by atoms with E-state index in [4.69, 9.17) is 11.6 Å². The molecule has 0 spiro atoms. The molecule has 0 N–H and O–H groups in total. The van der Waals surface area contributed by atoms with Gasteiger partial charge in [0.25, 0.3) is 5.91 Å². The second-order valence-electron chi connectivity index (χ2n) is 4.28. The van der Waals surface area contributed by atoms with Crippen LogP contribution >= 0.6 is 11.6 Å². The van der Waals surface area contributed by atoms with E-state index >= 15 is 0 Å². The predicted molar refractivity (Wildman–Crippen MR) is 67.5 cm³/mol. The largest absolute Gasteiger partial charge is 0.467 e. The minimum atomic E-state index is -0.652. The molecule has 19 heavy (non-hydrogen) atoms. The summed E-state index contributed by atoms with van der Waals surface area (Å²) in [6.07, 6.45) is 1.25. The number of hydrogen-bond donors (Lipinski definition) is 0. The quantitative estimate of drug-likeness (QED) is 0.783. The van der Waals surface area contributed by atoms with Crippen LogP contribution in [0.4, 0.5) is 4.39 Å². The van der Waals surface area contributed by atoms with Crippen molar-refractivity contribution >= 4 is 23.5 Å². The van der Waals surface area contributed by atoms with Crippen LogP contribution in [-0.4, -0.2) is 36.5 Å². The number of carbonyl (C=O) groups is 2. The summed E-state index contributed by atoms with van der Waals surface area (Å²) in [6, 6.07) is 3.43. The van der Waals surface area contributed by atoms with Gasteiger partial charge in [0.05, 0.1) is 17.7 Å². The van der Waals surface area contributed by atoms with Gasteiger partial charge in [0.1, 0.15) is 11.9 Å². The van der Waals surface area contributed by atoms with Crippen molar-refractivity contribution in [3.05, 3.63) is 34.6 Å². The Bertz CT molecular complexity index is 521. The summed E-state index contributed by atoms with van der Waals surface area (Å²) in [4.78, 5) is 25.3. The van der Waals surface area contributed by atoms with E-state index in [0.29, 0.717) is 19.4 Å². The highest BCUT2D eigenvalue weighted by Gasteiger charge is 2.36. The Balaban J connectivity index is 2.28. The zero-order chi connectivity index (χ0) is 14.0. The molecule has 102 valence electrons. The molecule has 0 aromatic heterocycles. The van der Waals surface area contributed by atoms with E-state index in [1.165, 1.54) is 30.2 Å². The van der Waals surface area contributed by atoms with Gasteiger partial charge in [-0.2, -0.15) is 0 Å². The lowest BCUT2D eigenvalue weighted by atomic mass is 10.1. The van der Waals surface area contributed by atoms with Crippen molar-refractivity contribution in [1.82, 2.24) is 4.90 Å². The van der Waals surface area contributed by atoms with E-state index < -0.39 is 23.7 Å². The monoisotopic (exact) mass is 285 g/mol. The van der Waals surface area contributed by atoms with Crippen molar-refractivity contribution in [3.8, 4) is 0 Å². The van der Waals surface area contributed by atoms with Crippen LogP contribution in [0.25, 0.3) is 0 Å². The molecule has 1 aromatic rings. The van der Waals surface area contributed by atoms with Gasteiger partial charge in [-0.05, 0) is 25.0 Å². The number of ether oxygens (including phenoxy) is 1. The fourth-order valence-electron chi connectivity index (χ4n) is 2.21. The number of rotatable bonds is 2. The van der Waals surface area contributed by atoms with Gasteiger partial charge < -0.3 is 9.64 Å². The highest BCUT2D eigenvalue weighted by molar-refractivity contribution is 6.34. The molecule has 1 aromatic carbocycles. The Morgan fingerprint density at radius 1 is 1.47 bits per heavy atom. The SMILES string of the molecule is COC(=O)C1CCCN1C(=O)c1cccc(F)c1Cl. The van der Waals surface area contributed by atoms with Crippen molar-refractivity contribution in [2.75, 3.05) is 13.7 Å². The van der Waals surface area contributed by atoms with Gasteiger partial charge in [-0.25, -0.2) is 9.18 Å². The number of amides is 1. The maximum Gasteiger partial charge on any atom is 0.328 e. The Morgan fingerprint density at radius 2 is 2.21 bits per heavy atom. The van der Waals surface area contributed by atoms with Crippen LogP contribution in [0.2, 0.25) is 5.02 Å². The number of likely N-dealkylation sites (tertiary alicyclic amines) is 1. The van der Waals surface area contributed by atoms with E-state index in [-0.39, 0.29) is 10.6 Å². The first-order chi connectivity index (χ1) is 9.06. The van der Waals surface area contributed by atoms with E-state index in [9.17, 15) is 14.0 Å². The first-order valence-corrected chi connectivity index (χ1v) is 6.27. The molecule has 0 saturated carbocycles. The Hall–Kier alpha value is -1.62. The molecule has 0 bridgehead atoms. The van der Waals surface area contributed by atoms with Gasteiger partial charge in [-0.15, -0.1) is 0 Å². The molecule has 1 heterocycles. The summed E-state index contributed by atoms with van der Waals surface area (Å²) in [5.41, 5.74) is 0.0671. The molecule has 1 atom stereocenters. The zero-order valence-corrected chi connectivity index (χ0v) is 11.1. The molecule has 1 saturated heterocycles. The fraction of sp³-hybridized carbons (Fsp3) is 0.385. The molecular weight excluding hydrogens is 273 g/mol. The van der Waals surface area contributed by atoms with E-state index in [0.717, 1.165) is 0 Å². The second kappa shape index (κ2) is 5.57. The molecule has 4 nitrogen and oxygen atoms in total. The van der Waals surface area contributed by atoms with Gasteiger partial charge in [-0.1, -0.05) is 17.7 Å². The third-order valence-corrected chi connectivity index (χ3v) is 3.55. The summed E-state index contributed by atoms with van der Waals surface area (Å²) in [5.74, 6) is -1.56. The van der Waals surface area contributed by atoms with Crippen LogP contribution in [0, 0.1) is 5.82 Å². The molecule has 1 fully saturated rings. The summed E-state index contributed by atoms with van der Waals surface area (Å²) in [6.45, 7) is 0.436. The number of methoxy groups -OCH3 is 1. The Morgan fingerprint density at radius 3 is 2.89 bits per heavy atom. The molecule has 1 amide bonds. The van der Waals surface area contributed by atoms with Gasteiger partial charge in [-0.3, -0.25) is 4.79 Å². The third kappa shape index (κ3) is 2.56. The van der Waals surface area contributed by atoms with Crippen LogP contribution in [-0.2, 0) is 9.53 Å². The summed E-state index contributed by atoms with van der Waals surface area (Å²) >= 11 is 5.79. The fourth-order valence-corrected chi connectivity index (χ4v) is 2.42. The van der Waals surface area contributed by atoms with Gasteiger partial charge in [0.2, 0.25) is 0 Å². The van der Waals surface area contributed by atoms with Crippen LogP contribution in [0.3, 0.4) is 0 Å². The Labute approximate surface area is 115 Å². The number of hydrogen-bond acceptors (Lipinski definition) is 3. The molecular formula is C13H13ClFNO3. The summed E-state index contributed by atoms with van der Waals surface area (Å²) in [5, 5.41) is -0.219. The van der Waals surface area contributed by atoms with Gasteiger partial charge in [0, 0.05) is 6.54 Å². The maximum atomic E-state index is 13.4. The average Bonchev–Trinajstić information content (AvgIpc) is 2.89. The summed E-state index contributed by atoms with van der Waals surface area (Å²) < 4.78 is 18.0. The lowest BCUT2D eigenvalue weighted by Crippen LogP contribution is -2.41. The number of nitrogens with zero attached hydrogens (tertiary/aromatic N) is 1. The smallest absolute Gasteiger partial charge is 0.328 e. The minimum Gasteiger partial charge on any atom is -0.467 e. The predicted octanol–water partition coefficient (Wildman–Crippen LogP) is 2.26. The van der Waals surface area contributed by atoms with E-state index in [1.54, 1.807) is 0 Å². The van der Waals surface area contributed by atoms with Crippen LogP contribution in [0.5, 0.6) is 0 Å². The lowest BCUT2D eigenvalue weighted by Gasteiger charge is -2.23. The normalized spacial score (nSPS) is 18.5. The first-order valence-electron chi connectivity index (χ1n) is 5.89. The third-order valence-electron chi connectivity index (χ3n) is 3.17. The van der Waals surface area contributed by atoms with E-state index in [1.807, 2.05) is 0 Å². The van der Waals surface area contributed by atoms with Crippen molar-refractivity contribution in [1.29, 1.82) is 0 Å². The zero-order valence-electron chi connectivity index (χ0n) is 10.4. The topological polar surface area (TPSA) is 46.6 Å². The number of halogens is 2. The molecule has 0 radical (unpaired) electrons. The molecule has 0 aliphatic carbocycles. The number of benzene rings is 1. The molecule has 6 heteroatoms.